The van der Waals surface area contributed by atoms with E-state index in [0.717, 1.165) is 19.3 Å². The van der Waals surface area contributed by atoms with Gasteiger partial charge in [-0.15, -0.1) is 0 Å². The normalized spacial score (nSPS) is 11.6. The quantitative estimate of drug-likeness (QED) is 0.421. The summed E-state index contributed by atoms with van der Waals surface area (Å²) in [6.07, 6.45) is 7.95. The molecule has 0 amide bonds. The van der Waals surface area contributed by atoms with Gasteiger partial charge in [0.15, 0.2) is 0 Å². The smallest absolute Gasteiger partial charge is 0.126 e. The molecular formula is C11H22O. The molecule has 0 aromatic rings. The van der Waals surface area contributed by atoms with Crippen LogP contribution in [0.3, 0.4) is 0 Å². The standard InChI is InChI=1S/C11H22O/c1-4-7-8-9-11(5-2,6-3)10-12/h10H,4-9H2,1-3H3. The minimum atomic E-state index is -0.00479. The van der Waals surface area contributed by atoms with Crippen LogP contribution in [-0.2, 0) is 4.79 Å². The molecule has 0 saturated carbocycles. The summed E-state index contributed by atoms with van der Waals surface area (Å²) in [6.45, 7) is 6.42. The zero-order valence-electron chi connectivity index (χ0n) is 8.73. The molecule has 0 aliphatic rings. The van der Waals surface area contributed by atoms with Gasteiger partial charge in [0.25, 0.3) is 0 Å². The Morgan fingerprint density at radius 2 is 1.67 bits per heavy atom. The fourth-order valence-electron chi connectivity index (χ4n) is 1.56. The lowest BCUT2D eigenvalue weighted by Crippen LogP contribution is -2.20. The van der Waals surface area contributed by atoms with Gasteiger partial charge in [0.1, 0.15) is 6.29 Å². The van der Waals surface area contributed by atoms with Crippen LogP contribution >= 0.6 is 0 Å². The minimum absolute atomic E-state index is 0.00479. The Balaban J connectivity index is 3.84. The Bertz CT molecular complexity index is 114. The van der Waals surface area contributed by atoms with Crippen molar-refractivity contribution in [2.45, 2.75) is 59.3 Å². The van der Waals surface area contributed by atoms with Gasteiger partial charge >= 0.3 is 0 Å². The van der Waals surface area contributed by atoms with Gasteiger partial charge in [-0.3, -0.25) is 0 Å². The van der Waals surface area contributed by atoms with E-state index in [2.05, 4.69) is 20.8 Å². The molecule has 0 aromatic heterocycles. The first-order valence-electron chi connectivity index (χ1n) is 5.21. The molecule has 0 saturated heterocycles. The van der Waals surface area contributed by atoms with Crippen LogP contribution in [0.2, 0.25) is 0 Å². The predicted octanol–water partition coefficient (Wildman–Crippen LogP) is 3.57. The van der Waals surface area contributed by atoms with Gasteiger partial charge in [-0.1, -0.05) is 40.0 Å². The first-order valence-corrected chi connectivity index (χ1v) is 5.21. The molecule has 1 nitrogen and oxygen atoms in total. The summed E-state index contributed by atoms with van der Waals surface area (Å²) in [7, 11) is 0. The number of unbranched alkanes of at least 4 members (excludes halogenated alkanes) is 2. The number of aldehydes is 1. The van der Waals surface area contributed by atoms with Crippen molar-refractivity contribution in [1.82, 2.24) is 0 Å². The highest BCUT2D eigenvalue weighted by Crippen LogP contribution is 2.30. The van der Waals surface area contributed by atoms with Gasteiger partial charge in [0.2, 0.25) is 0 Å². The minimum Gasteiger partial charge on any atom is -0.303 e. The van der Waals surface area contributed by atoms with E-state index in [-0.39, 0.29) is 5.41 Å². The lowest BCUT2D eigenvalue weighted by Gasteiger charge is -2.24. The van der Waals surface area contributed by atoms with Gasteiger partial charge in [0, 0.05) is 5.41 Å². The largest absolute Gasteiger partial charge is 0.303 e. The number of rotatable bonds is 7. The highest BCUT2D eigenvalue weighted by atomic mass is 16.1. The third-order valence-electron chi connectivity index (χ3n) is 2.94. The second-order valence-electron chi connectivity index (χ2n) is 3.64. The first kappa shape index (κ1) is 11.7. The molecule has 0 rings (SSSR count). The van der Waals surface area contributed by atoms with Gasteiger partial charge < -0.3 is 4.79 Å². The average molecular weight is 170 g/mol. The fraction of sp³-hybridized carbons (Fsp3) is 0.909. The summed E-state index contributed by atoms with van der Waals surface area (Å²) in [5, 5.41) is 0. The first-order chi connectivity index (χ1) is 5.74. The predicted molar refractivity (Wildman–Crippen MR) is 53.2 cm³/mol. The highest BCUT2D eigenvalue weighted by Gasteiger charge is 2.24. The van der Waals surface area contributed by atoms with E-state index in [4.69, 9.17) is 0 Å². The molecule has 0 aliphatic carbocycles. The molecule has 0 radical (unpaired) electrons. The van der Waals surface area contributed by atoms with E-state index in [1.807, 2.05) is 0 Å². The Labute approximate surface area is 76.6 Å². The van der Waals surface area contributed by atoms with Crippen molar-refractivity contribution < 1.29 is 4.79 Å². The van der Waals surface area contributed by atoms with Crippen molar-refractivity contribution in [3.63, 3.8) is 0 Å². The van der Waals surface area contributed by atoms with Gasteiger partial charge in [-0.25, -0.2) is 0 Å². The molecule has 0 N–H and O–H groups in total. The van der Waals surface area contributed by atoms with Crippen LogP contribution in [0.5, 0.6) is 0 Å². The van der Waals surface area contributed by atoms with Crippen LogP contribution in [0, 0.1) is 5.41 Å². The van der Waals surface area contributed by atoms with Crippen LogP contribution < -0.4 is 0 Å². The number of carbonyl (C=O) groups is 1. The molecular weight excluding hydrogens is 148 g/mol. The maximum absolute atomic E-state index is 10.9. The monoisotopic (exact) mass is 170 g/mol. The van der Waals surface area contributed by atoms with Crippen molar-refractivity contribution in [3.05, 3.63) is 0 Å². The van der Waals surface area contributed by atoms with Crippen molar-refractivity contribution in [2.75, 3.05) is 0 Å². The molecule has 0 atom stereocenters. The van der Waals surface area contributed by atoms with Crippen molar-refractivity contribution in [1.29, 1.82) is 0 Å². The highest BCUT2D eigenvalue weighted by molar-refractivity contribution is 5.58. The summed E-state index contributed by atoms with van der Waals surface area (Å²) in [5.74, 6) is 0. The van der Waals surface area contributed by atoms with Gasteiger partial charge in [-0.2, -0.15) is 0 Å². The van der Waals surface area contributed by atoms with Gasteiger partial charge in [0.05, 0.1) is 0 Å². The maximum Gasteiger partial charge on any atom is 0.126 e. The molecule has 0 aromatic carbocycles. The molecule has 0 bridgehead atoms. The van der Waals surface area contributed by atoms with Crippen LogP contribution in [0.4, 0.5) is 0 Å². The topological polar surface area (TPSA) is 17.1 Å². The lowest BCUT2D eigenvalue weighted by molar-refractivity contribution is -0.117. The Hall–Kier alpha value is -0.330. The summed E-state index contributed by atoms with van der Waals surface area (Å²) in [4.78, 5) is 10.9. The fourth-order valence-corrected chi connectivity index (χ4v) is 1.56. The second kappa shape index (κ2) is 6.22. The SMILES string of the molecule is CCCCCC(C=O)(CC)CC. The number of carbonyl (C=O) groups excluding carboxylic acids is 1. The summed E-state index contributed by atoms with van der Waals surface area (Å²) < 4.78 is 0. The molecule has 0 heterocycles. The Morgan fingerprint density at radius 3 is 2.00 bits per heavy atom. The average Bonchev–Trinajstić information content (AvgIpc) is 2.14. The molecule has 0 fully saturated rings. The van der Waals surface area contributed by atoms with E-state index in [1.165, 1.54) is 25.5 Å². The zero-order valence-corrected chi connectivity index (χ0v) is 8.73. The van der Waals surface area contributed by atoms with E-state index >= 15 is 0 Å². The van der Waals surface area contributed by atoms with Crippen molar-refractivity contribution in [3.8, 4) is 0 Å². The summed E-state index contributed by atoms with van der Waals surface area (Å²) >= 11 is 0. The van der Waals surface area contributed by atoms with E-state index in [9.17, 15) is 4.79 Å². The van der Waals surface area contributed by atoms with E-state index in [0.29, 0.717) is 0 Å². The third kappa shape index (κ3) is 3.38. The molecule has 72 valence electrons. The number of hydrogen-bond donors (Lipinski definition) is 0. The van der Waals surface area contributed by atoms with Crippen molar-refractivity contribution >= 4 is 6.29 Å². The second-order valence-corrected chi connectivity index (χ2v) is 3.64. The van der Waals surface area contributed by atoms with Crippen LogP contribution in [-0.4, -0.2) is 6.29 Å². The number of hydrogen-bond acceptors (Lipinski definition) is 1. The Morgan fingerprint density at radius 1 is 1.08 bits per heavy atom. The molecule has 0 spiro atoms. The Kier molecular flexibility index (Phi) is 6.04. The van der Waals surface area contributed by atoms with Crippen LogP contribution in [0.1, 0.15) is 59.3 Å². The van der Waals surface area contributed by atoms with Gasteiger partial charge in [-0.05, 0) is 19.3 Å². The van der Waals surface area contributed by atoms with Crippen LogP contribution in [0.15, 0.2) is 0 Å². The molecule has 0 aliphatic heterocycles. The van der Waals surface area contributed by atoms with E-state index in [1.54, 1.807) is 0 Å². The van der Waals surface area contributed by atoms with Crippen LogP contribution in [0.25, 0.3) is 0 Å². The third-order valence-corrected chi connectivity index (χ3v) is 2.94. The lowest BCUT2D eigenvalue weighted by atomic mass is 9.79. The van der Waals surface area contributed by atoms with E-state index < -0.39 is 0 Å². The molecule has 0 unspecified atom stereocenters. The zero-order chi connectivity index (χ0) is 9.45. The molecule has 12 heavy (non-hydrogen) atoms. The summed E-state index contributed by atoms with van der Waals surface area (Å²) in [5.41, 5.74) is -0.00479. The molecule has 1 heteroatoms. The summed E-state index contributed by atoms with van der Waals surface area (Å²) in [6, 6.07) is 0. The maximum atomic E-state index is 10.9. The van der Waals surface area contributed by atoms with Crippen molar-refractivity contribution in [2.24, 2.45) is 5.41 Å².